The molecule has 0 aliphatic carbocycles. The van der Waals surface area contributed by atoms with Gasteiger partial charge in [-0.15, -0.1) is 0 Å². The third-order valence-corrected chi connectivity index (χ3v) is 3.41. The summed E-state index contributed by atoms with van der Waals surface area (Å²) in [6.07, 6.45) is 0. The van der Waals surface area contributed by atoms with Crippen LogP contribution >= 0.6 is 43.5 Å². The van der Waals surface area contributed by atoms with Crippen LogP contribution in [0.5, 0.6) is 0 Å². The van der Waals surface area contributed by atoms with Gasteiger partial charge in [0.25, 0.3) is 0 Å². The molecule has 0 radical (unpaired) electrons. The highest BCUT2D eigenvalue weighted by atomic mass is 79.9. The van der Waals surface area contributed by atoms with Gasteiger partial charge in [0.1, 0.15) is 0 Å². The Kier molecular flexibility index (Phi) is 3.98. The van der Waals surface area contributed by atoms with E-state index in [4.69, 9.17) is 17.3 Å². The number of anilines is 1. The minimum absolute atomic E-state index is 0.0632. The van der Waals surface area contributed by atoms with Crippen LogP contribution in [0.4, 0.5) is 5.69 Å². The Labute approximate surface area is 104 Å². The lowest BCUT2D eigenvalue weighted by atomic mass is 10.0. The summed E-state index contributed by atoms with van der Waals surface area (Å²) >= 11 is 12.4. The van der Waals surface area contributed by atoms with Gasteiger partial charge in [-0.2, -0.15) is 0 Å². The molecule has 0 unspecified atom stereocenters. The number of nitrogen functional groups attached to an aromatic ring is 1. The first-order chi connectivity index (χ1) is 6.49. The molecular formula is C9H8Br2ClNO. The fourth-order valence-corrected chi connectivity index (χ4v) is 2.45. The van der Waals surface area contributed by atoms with Crippen molar-refractivity contribution in [2.45, 2.75) is 6.92 Å². The largest absolute Gasteiger partial charge is 0.397 e. The van der Waals surface area contributed by atoms with Gasteiger partial charge in [-0.3, -0.25) is 4.79 Å². The molecule has 1 aromatic carbocycles. The molecule has 2 nitrogen and oxygen atoms in total. The smallest absolute Gasteiger partial charge is 0.175 e. The van der Waals surface area contributed by atoms with Gasteiger partial charge < -0.3 is 5.73 Å². The van der Waals surface area contributed by atoms with E-state index in [2.05, 4.69) is 31.9 Å². The van der Waals surface area contributed by atoms with Crippen LogP contribution in [0.25, 0.3) is 0 Å². The summed E-state index contributed by atoms with van der Waals surface area (Å²) in [6.45, 7) is 1.83. The summed E-state index contributed by atoms with van der Waals surface area (Å²) in [5.41, 5.74) is 7.41. The Balaban J connectivity index is 3.44. The number of alkyl halides is 1. The summed E-state index contributed by atoms with van der Waals surface area (Å²) in [5, 5.41) is 0.565. The van der Waals surface area contributed by atoms with Gasteiger partial charge in [-0.05, 0) is 34.5 Å². The predicted molar refractivity (Wildman–Crippen MR) is 66.4 cm³/mol. The third-order valence-electron chi connectivity index (χ3n) is 1.85. The molecule has 2 N–H and O–H groups in total. The zero-order valence-electron chi connectivity index (χ0n) is 7.40. The van der Waals surface area contributed by atoms with E-state index in [-0.39, 0.29) is 11.1 Å². The Morgan fingerprint density at radius 3 is 2.71 bits per heavy atom. The van der Waals surface area contributed by atoms with Crippen LogP contribution < -0.4 is 5.73 Å². The van der Waals surface area contributed by atoms with Crippen molar-refractivity contribution in [1.82, 2.24) is 0 Å². The number of aryl methyl sites for hydroxylation is 1. The molecule has 0 bridgehead atoms. The molecule has 14 heavy (non-hydrogen) atoms. The first kappa shape index (κ1) is 12.0. The lowest BCUT2D eigenvalue weighted by Gasteiger charge is -2.09. The van der Waals surface area contributed by atoms with Crippen LogP contribution in [-0.4, -0.2) is 11.1 Å². The van der Waals surface area contributed by atoms with Gasteiger partial charge in [0.15, 0.2) is 5.78 Å². The molecule has 0 heterocycles. The fourth-order valence-electron chi connectivity index (χ4n) is 1.16. The first-order valence-electron chi connectivity index (χ1n) is 3.82. The average molecular weight is 341 g/mol. The summed E-state index contributed by atoms with van der Waals surface area (Å²) in [5.74, 6) is -0.0632. The zero-order valence-corrected chi connectivity index (χ0v) is 11.3. The van der Waals surface area contributed by atoms with Crippen molar-refractivity contribution in [2.75, 3.05) is 11.1 Å². The molecule has 0 saturated carbocycles. The van der Waals surface area contributed by atoms with Crippen molar-refractivity contribution in [1.29, 1.82) is 0 Å². The highest BCUT2D eigenvalue weighted by Crippen LogP contribution is 2.33. The van der Waals surface area contributed by atoms with E-state index in [1.807, 2.05) is 6.92 Å². The number of hydrogen-bond donors (Lipinski definition) is 1. The second kappa shape index (κ2) is 4.64. The molecule has 0 fully saturated rings. The highest BCUT2D eigenvalue weighted by molar-refractivity contribution is 9.10. The summed E-state index contributed by atoms with van der Waals surface area (Å²) in [7, 11) is 0. The van der Waals surface area contributed by atoms with Gasteiger partial charge in [0.2, 0.25) is 0 Å². The number of Topliss-reactive ketones (excluding diaryl/α,β-unsaturated/α-hetero) is 1. The molecule has 0 atom stereocenters. The molecule has 0 amide bonds. The minimum Gasteiger partial charge on any atom is -0.397 e. The normalized spacial score (nSPS) is 10.3. The molecular weight excluding hydrogens is 333 g/mol. The number of benzene rings is 1. The van der Waals surface area contributed by atoms with Crippen LogP contribution in [-0.2, 0) is 0 Å². The number of nitrogens with two attached hydrogens (primary N) is 1. The predicted octanol–water partition coefficient (Wildman–Crippen LogP) is 3.57. The van der Waals surface area contributed by atoms with Crippen molar-refractivity contribution in [3.63, 3.8) is 0 Å². The summed E-state index contributed by atoms with van der Waals surface area (Å²) in [4.78, 5) is 11.5. The maximum atomic E-state index is 11.5. The van der Waals surface area contributed by atoms with Crippen LogP contribution in [0, 0.1) is 6.92 Å². The van der Waals surface area contributed by atoms with Crippen LogP contribution in [0.1, 0.15) is 15.9 Å². The Bertz CT molecular complexity index is 393. The Morgan fingerprint density at radius 1 is 1.64 bits per heavy atom. The van der Waals surface area contributed by atoms with E-state index in [9.17, 15) is 4.79 Å². The quantitative estimate of drug-likeness (QED) is 0.508. The van der Waals surface area contributed by atoms with Crippen LogP contribution in [0.2, 0.25) is 5.02 Å². The van der Waals surface area contributed by atoms with E-state index in [1.165, 1.54) is 0 Å². The van der Waals surface area contributed by atoms with Crippen molar-refractivity contribution >= 4 is 54.9 Å². The number of carbonyl (C=O) groups is 1. The van der Waals surface area contributed by atoms with Crippen molar-refractivity contribution in [3.8, 4) is 0 Å². The minimum atomic E-state index is -0.0632. The summed E-state index contributed by atoms with van der Waals surface area (Å²) in [6, 6.07) is 1.79. The number of ketones is 1. The monoisotopic (exact) mass is 339 g/mol. The Hall–Kier alpha value is -0.0600. The standard InChI is InChI=1S/C9H8Br2ClNO/c1-4-2-5(11)9(13)8(12)7(4)6(14)3-10/h2H,3,13H2,1H3. The number of halogens is 3. The van der Waals surface area contributed by atoms with Gasteiger partial charge in [0.05, 0.1) is 16.0 Å². The highest BCUT2D eigenvalue weighted by Gasteiger charge is 2.16. The van der Waals surface area contributed by atoms with Gasteiger partial charge in [0, 0.05) is 10.0 Å². The molecule has 5 heteroatoms. The fraction of sp³-hybridized carbons (Fsp3) is 0.222. The molecule has 76 valence electrons. The maximum Gasteiger partial charge on any atom is 0.175 e. The van der Waals surface area contributed by atoms with Crippen molar-refractivity contribution < 1.29 is 4.79 Å². The third kappa shape index (κ3) is 2.12. The molecule has 1 aromatic rings. The molecule has 0 spiro atoms. The van der Waals surface area contributed by atoms with Gasteiger partial charge in [-0.1, -0.05) is 27.5 Å². The zero-order chi connectivity index (χ0) is 10.9. The SMILES string of the molecule is Cc1cc(Br)c(N)c(Cl)c1C(=O)CBr. The second-order valence-corrected chi connectivity index (χ2v) is 4.63. The topological polar surface area (TPSA) is 43.1 Å². The number of rotatable bonds is 2. The summed E-state index contributed by atoms with van der Waals surface area (Å²) < 4.78 is 0.714. The second-order valence-electron chi connectivity index (χ2n) is 2.83. The van der Waals surface area contributed by atoms with E-state index in [1.54, 1.807) is 6.07 Å². The van der Waals surface area contributed by atoms with Crippen LogP contribution in [0.3, 0.4) is 0 Å². The molecule has 0 saturated heterocycles. The van der Waals surface area contributed by atoms with Crippen molar-refractivity contribution in [2.24, 2.45) is 0 Å². The Morgan fingerprint density at radius 2 is 2.21 bits per heavy atom. The van der Waals surface area contributed by atoms with E-state index in [0.29, 0.717) is 20.7 Å². The maximum absolute atomic E-state index is 11.5. The van der Waals surface area contributed by atoms with Gasteiger partial charge in [-0.25, -0.2) is 0 Å². The lowest BCUT2D eigenvalue weighted by molar-refractivity contribution is 0.102. The van der Waals surface area contributed by atoms with Gasteiger partial charge >= 0.3 is 0 Å². The van der Waals surface area contributed by atoms with Crippen molar-refractivity contribution in [3.05, 3.63) is 26.7 Å². The molecule has 0 aliphatic heterocycles. The lowest BCUT2D eigenvalue weighted by Crippen LogP contribution is -2.06. The first-order valence-corrected chi connectivity index (χ1v) is 6.11. The molecule has 0 aromatic heterocycles. The number of carbonyl (C=O) groups excluding carboxylic acids is 1. The van der Waals surface area contributed by atoms with Crippen LogP contribution in [0.15, 0.2) is 10.5 Å². The van der Waals surface area contributed by atoms with E-state index >= 15 is 0 Å². The van der Waals surface area contributed by atoms with E-state index < -0.39 is 0 Å². The van der Waals surface area contributed by atoms with E-state index in [0.717, 1.165) is 5.56 Å². The molecule has 0 aliphatic rings. The average Bonchev–Trinajstić information content (AvgIpc) is 2.14. The molecule has 1 rings (SSSR count). The number of hydrogen-bond acceptors (Lipinski definition) is 2.